The van der Waals surface area contributed by atoms with Crippen molar-refractivity contribution in [2.24, 2.45) is 0 Å². The molecule has 1 amide bonds. The van der Waals surface area contributed by atoms with E-state index in [0.29, 0.717) is 11.4 Å². The molecular formula is C24H21N5O3S. The van der Waals surface area contributed by atoms with Crippen molar-refractivity contribution in [3.05, 3.63) is 97.0 Å². The Morgan fingerprint density at radius 3 is 2.39 bits per heavy atom. The van der Waals surface area contributed by atoms with Crippen LogP contribution in [0.25, 0.3) is 23.0 Å². The molecule has 2 heterocycles. The molecule has 2 aromatic heterocycles. The molecule has 2 aromatic carbocycles. The summed E-state index contributed by atoms with van der Waals surface area (Å²) in [6.45, 7) is 0. The minimum absolute atomic E-state index is 0.287. The summed E-state index contributed by atoms with van der Waals surface area (Å²) in [5.41, 5.74) is 3.74. The van der Waals surface area contributed by atoms with Crippen LogP contribution in [0.2, 0.25) is 0 Å². The summed E-state index contributed by atoms with van der Waals surface area (Å²) in [6.07, 6.45) is 9.32. The number of nitrogens with one attached hydrogen (secondary N) is 2. The van der Waals surface area contributed by atoms with E-state index in [1.54, 1.807) is 47.4 Å². The highest BCUT2D eigenvalue weighted by Gasteiger charge is 2.12. The van der Waals surface area contributed by atoms with Gasteiger partial charge in [0.15, 0.2) is 0 Å². The normalized spacial score (nSPS) is 11.4. The fourth-order valence-corrected chi connectivity index (χ4v) is 3.75. The number of hydrogen-bond donors (Lipinski definition) is 2. The van der Waals surface area contributed by atoms with Gasteiger partial charge in [-0.3, -0.25) is 14.5 Å². The van der Waals surface area contributed by atoms with E-state index in [0.717, 1.165) is 23.1 Å². The molecule has 0 radical (unpaired) electrons. The Bertz CT molecular complexity index is 1400. The molecule has 4 aromatic rings. The molecule has 0 saturated heterocycles. The molecule has 8 nitrogen and oxygen atoms in total. The van der Waals surface area contributed by atoms with Gasteiger partial charge >= 0.3 is 0 Å². The summed E-state index contributed by atoms with van der Waals surface area (Å²) in [4.78, 5) is 16.8. The predicted molar refractivity (Wildman–Crippen MR) is 129 cm³/mol. The van der Waals surface area contributed by atoms with Crippen LogP contribution < -0.4 is 10.0 Å². The monoisotopic (exact) mass is 459 g/mol. The number of nitrogens with zero attached hydrogens (tertiary/aromatic N) is 3. The number of amides is 1. The third-order valence-corrected chi connectivity index (χ3v) is 5.18. The van der Waals surface area contributed by atoms with Crippen molar-refractivity contribution >= 4 is 33.4 Å². The van der Waals surface area contributed by atoms with Crippen LogP contribution in [0.1, 0.15) is 5.56 Å². The van der Waals surface area contributed by atoms with Crippen molar-refractivity contribution in [3.8, 4) is 16.9 Å². The van der Waals surface area contributed by atoms with Crippen molar-refractivity contribution < 1.29 is 13.2 Å². The lowest BCUT2D eigenvalue weighted by Crippen LogP contribution is -2.14. The van der Waals surface area contributed by atoms with Crippen molar-refractivity contribution in [1.82, 2.24) is 14.8 Å². The van der Waals surface area contributed by atoms with Gasteiger partial charge in [-0.1, -0.05) is 30.3 Å². The molecule has 2 N–H and O–H groups in total. The summed E-state index contributed by atoms with van der Waals surface area (Å²) in [5, 5.41) is 7.39. The molecule has 9 heteroatoms. The number of rotatable bonds is 7. The molecule has 0 fully saturated rings. The molecule has 0 unspecified atom stereocenters. The Hall–Kier alpha value is -4.24. The smallest absolute Gasteiger partial charge is 0.248 e. The maximum Gasteiger partial charge on any atom is 0.248 e. The third kappa shape index (κ3) is 5.72. The molecule has 4 rings (SSSR count). The highest BCUT2D eigenvalue weighted by Crippen LogP contribution is 2.25. The molecule has 0 aliphatic heterocycles. The summed E-state index contributed by atoms with van der Waals surface area (Å²) in [7, 11) is -3.49. The highest BCUT2D eigenvalue weighted by molar-refractivity contribution is 7.92. The number of para-hydroxylation sites is 3. The van der Waals surface area contributed by atoms with E-state index >= 15 is 0 Å². The fourth-order valence-electron chi connectivity index (χ4n) is 3.17. The van der Waals surface area contributed by atoms with Crippen LogP contribution in [0.5, 0.6) is 0 Å². The van der Waals surface area contributed by atoms with E-state index < -0.39 is 15.9 Å². The number of carbonyl (C=O) groups is 1. The Morgan fingerprint density at radius 2 is 1.70 bits per heavy atom. The molecule has 0 aliphatic rings. The minimum Gasteiger partial charge on any atom is -0.321 e. The van der Waals surface area contributed by atoms with Crippen molar-refractivity contribution in [2.45, 2.75) is 0 Å². The van der Waals surface area contributed by atoms with Gasteiger partial charge in [0, 0.05) is 35.8 Å². The average molecular weight is 460 g/mol. The number of carbonyl (C=O) groups excluding carboxylic acids is 1. The second kappa shape index (κ2) is 9.49. The Balaban J connectivity index is 1.62. The molecule has 0 saturated carbocycles. The molecule has 33 heavy (non-hydrogen) atoms. The number of pyridine rings is 1. The van der Waals surface area contributed by atoms with Crippen LogP contribution in [0, 0.1) is 0 Å². The first-order chi connectivity index (χ1) is 15.9. The second-order valence-electron chi connectivity index (χ2n) is 7.20. The first-order valence-electron chi connectivity index (χ1n) is 10.0. The lowest BCUT2D eigenvalue weighted by molar-refractivity contribution is -0.111. The second-order valence-corrected chi connectivity index (χ2v) is 8.95. The molecule has 0 aliphatic carbocycles. The van der Waals surface area contributed by atoms with E-state index in [-0.39, 0.29) is 5.69 Å². The molecule has 166 valence electrons. The Labute approximate surface area is 191 Å². The average Bonchev–Trinajstić information content (AvgIpc) is 3.24. The number of hydrogen-bond acceptors (Lipinski definition) is 5. The zero-order valence-corrected chi connectivity index (χ0v) is 18.5. The first kappa shape index (κ1) is 22.0. The van der Waals surface area contributed by atoms with E-state index in [2.05, 4.69) is 20.1 Å². The van der Waals surface area contributed by atoms with Crippen LogP contribution in [0.3, 0.4) is 0 Å². The Kier molecular flexibility index (Phi) is 6.32. The van der Waals surface area contributed by atoms with Crippen LogP contribution in [0.4, 0.5) is 11.4 Å². The van der Waals surface area contributed by atoms with Gasteiger partial charge in [0.25, 0.3) is 0 Å². The van der Waals surface area contributed by atoms with Crippen molar-refractivity contribution in [2.75, 3.05) is 16.3 Å². The highest BCUT2D eigenvalue weighted by atomic mass is 32.2. The van der Waals surface area contributed by atoms with Gasteiger partial charge in [-0.05, 0) is 42.5 Å². The van der Waals surface area contributed by atoms with Gasteiger partial charge in [0.2, 0.25) is 15.9 Å². The zero-order valence-electron chi connectivity index (χ0n) is 17.7. The predicted octanol–water partition coefficient (Wildman–Crippen LogP) is 3.96. The molecule has 0 atom stereocenters. The van der Waals surface area contributed by atoms with E-state index in [1.807, 2.05) is 48.7 Å². The first-order valence-corrected chi connectivity index (χ1v) is 11.9. The van der Waals surface area contributed by atoms with Gasteiger partial charge in [-0.15, -0.1) is 0 Å². The minimum atomic E-state index is -3.49. The molecule has 0 bridgehead atoms. The van der Waals surface area contributed by atoms with Crippen LogP contribution in [0.15, 0.2) is 91.4 Å². The zero-order chi connectivity index (χ0) is 23.3. The van der Waals surface area contributed by atoms with Crippen molar-refractivity contribution in [1.29, 1.82) is 0 Å². The van der Waals surface area contributed by atoms with Crippen LogP contribution in [-0.2, 0) is 14.8 Å². The maximum atomic E-state index is 12.6. The standard InChI is InChI=1S/C24H21N5O3S/c1-33(31,32)28-22-12-6-5-11-21(22)26-23(30)14-13-19-17-29(20-9-3-2-4-10-20)27-24(19)18-8-7-15-25-16-18/h2-17,28H,1H3,(H,26,30)/b14-13+. The quantitative estimate of drug-likeness (QED) is 0.407. The summed E-state index contributed by atoms with van der Waals surface area (Å²) < 4.78 is 27.3. The summed E-state index contributed by atoms with van der Waals surface area (Å²) >= 11 is 0. The number of benzene rings is 2. The fraction of sp³-hybridized carbons (Fsp3) is 0.0417. The number of sulfonamides is 1. The van der Waals surface area contributed by atoms with Gasteiger partial charge in [-0.2, -0.15) is 5.10 Å². The van der Waals surface area contributed by atoms with E-state index in [4.69, 9.17) is 0 Å². The Morgan fingerprint density at radius 1 is 0.970 bits per heavy atom. The molecular weight excluding hydrogens is 438 g/mol. The maximum absolute atomic E-state index is 12.6. The number of anilines is 2. The van der Waals surface area contributed by atoms with Gasteiger partial charge in [-0.25, -0.2) is 13.1 Å². The van der Waals surface area contributed by atoms with Crippen LogP contribution >= 0.6 is 0 Å². The lowest BCUT2D eigenvalue weighted by Gasteiger charge is -2.10. The summed E-state index contributed by atoms with van der Waals surface area (Å²) in [6, 6.07) is 19.9. The molecule has 0 spiro atoms. The van der Waals surface area contributed by atoms with E-state index in [1.165, 1.54) is 6.08 Å². The topological polar surface area (TPSA) is 106 Å². The largest absolute Gasteiger partial charge is 0.321 e. The summed E-state index contributed by atoms with van der Waals surface area (Å²) in [5.74, 6) is -0.414. The SMILES string of the molecule is CS(=O)(=O)Nc1ccccc1NC(=O)/C=C/c1cn(-c2ccccc2)nc1-c1cccnc1. The van der Waals surface area contributed by atoms with Crippen molar-refractivity contribution in [3.63, 3.8) is 0 Å². The van der Waals surface area contributed by atoms with E-state index in [9.17, 15) is 13.2 Å². The lowest BCUT2D eigenvalue weighted by atomic mass is 10.1. The van der Waals surface area contributed by atoms with Gasteiger partial charge < -0.3 is 5.32 Å². The van der Waals surface area contributed by atoms with Crippen LogP contribution in [-0.4, -0.2) is 35.3 Å². The van der Waals surface area contributed by atoms with Gasteiger partial charge in [0.1, 0.15) is 5.69 Å². The third-order valence-electron chi connectivity index (χ3n) is 4.59. The number of aromatic nitrogens is 3. The van der Waals surface area contributed by atoms with Gasteiger partial charge in [0.05, 0.1) is 23.3 Å².